The molecule has 2 aromatic carbocycles. The van der Waals surface area contributed by atoms with Crippen LogP contribution >= 0.6 is 0 Å². The molecule has 0 bridgehead atoms. The highest BCUT2D eigenvalue weighted by atomic mass is 16.5. The molecule has 1 atom stereocenters. The maximum Gasteiger partial charge on any atom is 0.407 e. The van der Waals surface area contributed by atoms with Gasteiger partial charge in [-0.1, -0.05) is 42.5 Å². The van der Waals surface area contributed by atoms with E-state index in [-0.39, 0.29) is 12.6 Å². The second-order valence-corrected chi connectivity index (χ2v) is 7.07. The molecular weight excluding hydrogens is 354 g/mol. The van der Waals surface area contributed by atoms with Crippen molar-refractivity contribution < 1.29 is 14.3 Å². The van der Waals surface area contributed by atoms with E-state index in [1.807, 2.05) is 42.5 Å². The van der Waals surface area contributed by atoms with Gasteiger partial charge in [0.1, 0.15) is 12.4 Å². The smallest absolute Gasteiger partial charge is 0.407 e. The topological polar surface area (TPSA) is 54.0 Å². The Morgan fingerprint density at radius 1 is 1.04 bits per heavy atom. The number of nitrogens with zero attached hydrogens (tertiary/aromatic N) is 2. The largest absolute Gasteiger partial charge is 0.497 e. The first-order valence-corrected chi connectivity index (χ1v) is 9.67. The molecule has 28 heavy (non-hydrogen) atoms. The lowest BCUT2D eigenvalue weighted by Gasteiger charge is -2.38. The van der Waals surface area contributed by atoms with Crippen LogP contribution in [-0.2, 0) is 11.3 Å². The molecule has 1 heterocycles. The van der Waals surface area contributed by atoms with Gasteiger partial charge >= 0.3 is 6.09 Å². The fourth-order valence-electron chi connectivity index (χ4n) is 3.37. The van der Waals surface area contributed by atoms with Crippen LogP contribution < -0.4 is 10.1 Å². The van der Waals surface area contributed by atoms with Gasteiger partial charge in [-0.15, -0.1) is 0 Å². The first-order chi connectivity index (χ1) is 13.7. The van der Waals surface area contributed by atoms with Gasteiger partial charge in [0.25, 0.3) is 0 Å². The number of hydrogen-bond donors (Lipinski definition) is 1. The SMILES string of the molecule is COc1ccc(C(CNC(=O)OCc2ccccc2)N2CCN(C)CC2)cc1. The number of alkyl carbamates (subject to hydrolysis) is 1. The molecule has 1 aliphatic rings. The molecule has 0 aliphatic carbocycles. The molecule has 1 saturated heterocycles. The average molecular weight is 383 g/mol. The van der Waals surface area contributed by atoms with E-state index in [0.717, 1.165) is 43.1 Å². The Morgan fingerprint density at radius 2 is 1.71 bits per heavy atom. The summed E-state index contributed by atoms with van der Waals surface area (Å²) in [7, 11) is 3.80. The molecule has 1 N–H and O–H groups in total. The van der Waals surface area contributed by atoms with Crippen LogP contribution in [0, 0.1) is 0 Å². The standard InChI is InChI=1S/C22H29N3O3/c1-24-12-14-25(15-13-24)21(19-8-10-20(27-2)11-9-19)16-23-22(26)28-17-18-6-4-3-5-7-18/h3-11,21H,12-17H2,1-2H3,(H,23,26). The summed E-state index contributed by atoms with van der Waals surface area (Å²) in [6, 6.07) is 17.9. The van der Waals surface area contributed by atoms with Crippen molar-refractivity contribution in [3.63, 3.8) is 0 Å². The van der Waals surface area contributed by atoms with Gasteiger partial charge in [0.15, 0.2) is 0 Å². The number of carbonyl (C=O) groups is 1. The molecule has 0 saturated carbocycles. The number of ether oxygens (including phenoxy) is 2. The first-order valence-electron chi connectivity index (χ1n) is 9.67. The van der Waals surface area contributed by atoms with Gasteiger partial charge in [-0.25, -0.2) is 4.79 Å². The van der Waals surface area contributed by atoms with E-state index < -0.39 is 6.09 Å². The Labute approximate surface area is 167 Å². The zero-order chi connectivity index (χ0) is 19.8. The van der Waals surface area contributed by atoms with Crippen molar-refractivity contribution in [2.24, 2.45) is 0 Å². The summed E-state index contributed by atoms with van der Waals surface area (Å²) in [4.78, 5) is 16.9. The van der Waals surface area contributed by atoms with Crippen LogP contribution in [0.2, 0.25) is 0 Å². The molecule has 0 aromatic heterocycles. The van der Waals surface area contributed by atoms with Crippen LogP contribution in [0.4, 0.5) is 4.79 Å². The van der Waals surface area contributed by atoms with Crippen LogP contribution in [0.1, 0.15) is 17.2 Å². The fraction of sp³-hybridized carbons (Fsp3) is 0.409. The third-order valence-electron chi connectivity index (χ3n) is 5.13. The molecule has 3 rings (SSSR count). The average Bonchev–Trinajstić information content (AvgIpc) is 2.75. The second kappa shape index (κ2) is 10.1. The molecular formula is C22H29N3O3. The number of piperazine rings is 1. The van der Waals surface area contributed by atoms with Gasteiger partial charge in [-0.2, -0.15) is 0 Å². The van der Waals surface area contributed by atoms with E-state index in [0.29, 0.717) is 6.54 Å². The van der Waals surface area contributed by atoms with Gasteiger partial charge in [-0.05, 0) is 30.3 Å². The zero-order valence-corrected chi connectivity index (χ0v) is 16.6. The molecule has 0 spiro atoms. The van der Waals surface area contributed by atoms with Gasteiger partial charge in [0, 0.05) is 32.7 Å². The number of carbonyl (C=O) groups excluding carboxylic acids is 1. The Balaban J connectivity index is 1.60. The fourth-order valence-corrected chi connectivity index (χ4v) is 3.37. The summed E-state index contributed by atoms with van der Waals surface area (Å²) in [5.74, 6) is 0.830. The van der Waals surface area contributed by atoms with Crippen LogP contribution in [-0.4, -0.2) is 62.8 Å². The van der Waals surface area contributed by atoms with Crippen LogP contribution in [0.15, 0.2) is 54.6 Å². The monoisotopic (exact) mass is 383 g/mol. The van der Waals surface area contributed by atoms with E-state index in [1.165, 1.54) is 0 Å². The minimum atomic E-state index is -0.392. The normalized spacial score (nSPS) is 16.4. The number of nitrogens with one attached hydrogen (secondary N) is 1. The number of hydrogen-bond acceptors (Lipinski definition) is 5. The van der Waals surface area contributed by atoms with E-state index in [4.69, 9.17) is 9.47 Å². The lowest BCUT2D eigenvalue weighted by molar-refractivity contribution is 0.103. The van der Waals surface area contributed by atoms with Crippen molar-refractivity contribution in [3.8, 4) is 5.75 Å². The van der Waals surface area contributed by atoms with Crippen molar-refractivity contribution in [1.29, 1.82) is 0 Å². The van der Waals surface area contributed by atoms with Crippen molar-refractivity contribution in [2.75, 3.05) is 46.9 Å². The van der Waals surface area contributed by atoms with Crippen molar-refractivity contribution in [3.05, 3.63) is 65.7 Å². The Kier molecular flexibility index (Phi) is 7.28. The minimum absolute atomic E-state index is 0.101. The summed E-state index contributed by atoms with van der Waals surface area (Å²) in [5, 5.41) is 2.94. The molecule has 6 heteroatoms. The molecule has 6 nitrogen and oxygen atoms in total. The van der Waals surface area contributed by atoms with E-state index in [2.05, 4.69) is 34.3 Å². The predicted molar refractivity (Wildman–Crippen MR) is 109 cm³/mol. The van der Waals surface area contributed by atoms with E-state index in [9.17, 15) is 4.79 Å². The van der Waals surface area contributed by atoms with Gasteiger partial charge in [0.05, 0.1) is 13.2 Å². The lowest BCUT2D eigenvalue weighted by atomic mass is 10.0. The first kappa shape index (κ1) is 20.2. The molecule has 1 fully saturated rings. The van der Waals surface area contributed by atoms with Gasteiger partial charge in [-0.3, -0.25) is 4.90 Å². The Morgan fingerprint density at radius 3 is 2.36 bits per heavy atom. The molecule has 1 unspecified atom stereocenters. The highest BCUT2D eigenvalue weighted by molar-refractivity contribution is 5.67. The summed E-state index contributed by atoms with van der Waals surface area (Å²) in [6.07, 6.45) is -0.392. The molecule has 0 radical (unpaired) electrons. The van der Waals surface area contributed by atoms with E-state index in [1.54, 1.807) is 7.11 Å². The molecule has 1 amide bonds. The summed E-state index contributed by atoms with van der Waals surface area (Å²) >= 11 is 0. The molecule has 150 valence electrons. The van der Waals surface area contributed by atoms with Crippen LogP contribution in [0.3, 0.4) is 0 Å². The van der Waals surface area contributed by atoms with Crippen molar-refractivity contribution in [2.45, 2.75) is 12.6 Å². The third-order valence-corrected chi connectivity index (χ3v) is 5.13. The highest BCUT2D eigenvalue weighted by Crippen LogP contribution is 2.24. The van der Waals surface area contributed by atoms with E-state index >= 15 is 0 Å². The van der Waals surface area contributed by atoms with Gasteiger partial charge < -0.3 is 19.7 Å². The lowest BCUT2D eigenvalue weighted by Crippen LogP contribution is -2.48. The highest BCUT2D eigenvalue weighted by Gasteiger charge is 2.24. The zero-order valence-electron chi connectivity index (χ0n) is 16.6. The number of methoxy groups -OCH3 is 1. The summed E-state index contributed by atoms with van der Waals surface area (Å²) < 4.78 is 10.6. The van der Waals surface area contributed by atoms with Crippen molar-refractivity contribution in [1.82, 2.24) is 15.1 Å². The predicted octanol–water partition coefficient (Wildman–Crippen LogP) is 2.91. The van der Waals surface area contributed by atoms with Crippen LogP contribution in [0.25, 0.3) is 0 Å². The molecule has 1 aliphatic heterocycles. The Bertz CT molecular complexity index is 728. The number of benzene rings is 2. The summed E-state index contributed by atoms with van der Waals surface area (Å²) in [6.45, 7) is 4.75. The van der Waals surface area contributed by atoms with Crippen molar-refractivity contribution >= 4 is 6.09 Å². The maximum absolute atomic E-state index is 12.2. The van der Waals surface area contributed by atoms with Gasteiger partial charge in [0.2, 0.25) is 0 Å². The second-order valence-electron chi connectivity index (χ2n) is 7.07. The third kappa shape index (κ3) is 5.71. The van der Waals surface area contributed by atoms with Crippen LogP contribution in [0.5, 0.6) is 5.75 Å². The Hall–Kier alpha value is -2.57. The quantitative estimate of drug-likeness (QED) is 0.797. The molecule has 2 aromatic rings. The minimum Gasteiger partial charge on any atom is -0.497 e. The number of amides is 1. The summed E-state index contributed by atoms with van der Waals surface area (Å²) in [5.41, 5.74) is 2.14. The number of rotatable bonds is 7. The maximum atomic E-state index is 12.2. The number of likely N-dealkylation sites (N-methyl/N-ethyl adjacent to an activating group) is 1.